The molecular formula is C11H13ClO2. The van der Waals surface area contributed by atoms with Crippen LogP contribution in [-0.2, 0) is 0 Å². The Morgan fingerprint density at radius 1 is 1.50 bits per heavy atom. The van der Waals surface area contributed by atoms with E-state index in [1.807, 2.05) is 13.8 Å². The summed E-state index contributed by atoms with van der Waals surface area (Å²) in [5.74, 6) is 0.645. The molecule has 1 aromatic carbocycles. The van der Waals surface area contributed by atoms with Gasteiger partial charge in [0.15, 0.2) is 6.29 Å². The number of benzene rings is 1. The fourth-order valence-corrected chi connectivity index (χ4v) is 1.53. The van der Waals surface area contributed by atoms with Crippen LogP contribution in [0.5, 0.6) is 5.75 Å². The van der Waals surface area contributed by atoms with Gasteiger partial charge in [-0.1, -0.05) is 18.5 Å². The molecule has 0 heterocycles. The van der Waals surface area contributed by atoms with Crippen molar-refractivity contribution in [1.29, 1.82) is 0 Å². The van der Waals surface area contributed by atoms with Crippen molar-refractivity contribution in [2.75, 3.05) is 6.61 Å². The van der Waals surface area contributed by atoms with E-state index in [0.29, 0.717) is 22.9 Å². The Labute approximate surface area is 88.8 Å². The molecule has 1 aromatic rings. The van der Waals surface area contributed by atoms with Crippen LogP contribution in [0, 0.1) is 6.92 Å². The maximum Gasteiger partial charge on any atom is 0.153 e. The van der Waals surface area contributed by atoms with Crippen LogP contribution < -0.4 is 4.74 Å². The SMILES string of the molecule is CCCOc1c(C)cc(Cl)cc1C=O. The highest BCUT2D eigenvalue weighted by molar-refractivity contribution is 6.31. The maximum atomic E-state index is 10.8. The minimum absolute atomic E-state index is 0.517. The highest BCUT2D eigenvalue weighted by Crippen LogP contribution is 2.26. The molecule has 2 nitrogen and oxygen atoms in total. The average Bonchev–Trinajstić information content (AvgIpc) is 2.15. The first kappa shape index (κ1) is 11.1. The normalized spacial score (nSPS) is 9.93. The van der Waals surface area contributed by atoms with Gasteiger partial charge in [-0.25, -0.2) is 0 Å². The quantitative estimate of drug-likeness (QED) is 0.717. The van der Waals surface area contributed by atoms with Crippen molar-refractivity contribution in [3.63, 3.8) is 0 Å². The second-order valence-electron chi connectivity index (χ2n) is 3.11. The van der Waals surface area contributed by atoms with Gasteiger partial charge in [0.05, 0.1) is 12.2 Å². The third-order valence-electron chi connectivity index (χ3n) is 1.85. The van der Waals surface area contributed by atoms with E-state index in [1.165, 1.54) is 0 Å². The zero-order chi connectivity index (χ0) is 10.6. The van der Waals surface area contributed by atoms with E-state index in [0.717, 1.165) is 18.3 Å². The first-order valence-corrected chi connectivity index (χ1v) is 4.95. The number of carbonyl (C=O) groups excluding carboxylic acids is 1. The molecule has 76 valence electrons. The number of ether oxygens (including phenoxy) is 1. The van der Waals surface area contributed by atoms with Gasteiger partial charge in [0.1, 0.15) is 5.75 Å². The molecule has 0 aliphatic heterocycles. The van der Waals surface area contributed by atoms with Crippen molar-refractivity contribution < 1.29 is 9.53 Å². The zero-order valence-electron chi connectivity index (χ0n) is 8.34. The first-order chi connectivity index (χ1) is 6.69. The molecule has 1 rings (SSSR count). The lowest BCUT2D eigenvalue weighted by atomic mass is 10.1. The summed E-state index contributed by atoms with van der Waals surface area (Å²) in [5.41, 5.74) is 1.41. The van der Waals surface area contributed by atoms with E-state index in [1.54, 1.807) is 12.1 Å². The van der Waals surface area contributed by atoms with Gasteiger partial charge in [0.2, 0.25) is 0 Å². The summed E-state index contributed by atoms with van der Waals surface area (Å²) in [6.45, 7) is 4.51. The van der Waals surface area contributed by atoms with Crippen molar-refractivity contribution in [3.05, 3.63) is 28.3 Å². The molecule has 0 saturated carbocycles. The number of hydrogen-bond donors (Lipinski definition) is 0. The second kappa shape index (κ2) is 5.01. The van der Waals surface area contributed by atoms with Gasteiger partial charge >= 0.3 is 0 Å². The number of rotatable bonds is 4. The van der Waals surface area contributed by atoms with E-state index in [-0.39, 0.29) is 0 Å². The van der Waals surface area contributed by atoms with Gasteiger partial charge in [-0.05, 0) is 31.0 Å². The molecule has 0 atom stereocenters. The Morgan fingerprint density at radius 3 is 2.79 bits per heavy atom. The highest BCUT2D eigenvalue weighted by Gasteiger charge is 2.07. The molecule has 0 aliphatic rings. The molecule has 0 saturated heterocycles. The first-order valence-electron chi connectivity index (χ1n) is 4.57. The number of carbonyl (C=O) groups is 1. The lowest BCUT2D eigenvalue weighted by molar-refractivity contribution is 0.111. The van der Waals surface area contributed by atoms with Crippen LogP contribution in [0.1, 0.15) is 29.3 Å². The van der Waals surface area contributed by atoms with Crippen molar-refractivity contribution in [2.24, 2.45) is 0 Å². The fraction of sp³-hybridized carbons (Fsp3) is 0.364. The van der Waals surface area contributed by atoms with Crippen LogP contribution in [0.2, 0.25) is 5.02 Å². The number of aldehydes is 1. The summed E-state index contributed by atoms with van der Waals surface area (Å²) in [7, 11) is 0. The standard InChI is InChI=1S/C11H13ClO2/c1-3-4-14-11-8(2)5-10(12)6-9(11)7-13/h5-7H,3-4H2,1-2H3. The molecule has 0 aromatic heterocycles. The molecule has 0 fully saturated rings. The van der Waals surface area contributed by atoms with Crippen LogP contribution in [0.4, 0.5) is 0 Å². The van der Waals surface area contributed by atoms with Gasteiger partial charge in [-0.2, -0.15) is 0 Å². The van der Waals surface area contributed by atoms with Gasteiger partial charge in [-0.3, -0.25) is 4.79 Å². The molecule has 0 radical (unpaired) electrons. The fourth-order valence-electron chi connectivity index (χ4n) is 1.24. The van der Waals surface area contributed by atoms with Gasteiger partial charge in [-0.15, -0.1) is 0 Å². The monoisotopic (exact) mass is 212 g/mol. The van der Waals surface area contributed by atoms with Crippen molar-refractivity contribution in [2.45, 2.75) is 20.3 Å². The summed E-state index contributed by atoms with van der Waals surface area (Å²) < 4.78 is 5.47. The van der Waals surface area contributed by atoms with Crippen LogP contribution >= 0.6 is 11.6 Å². The Hall–Kier alpha value is -1.02. The van der Waals surface area contributed by atoms with E-state index < -0.39 is 0 Å². The number of hydrogen-bond acceptors (Lipinski definition) is 2. The van der Waals surface area contributed by atoms with E-state index in [4.69, 9.17) is 16.3 Å². The lowest BCUT2D eigenvalue weighted by Crippen LogP contribution is -2.00. The lowest BCUT2D eigenvalue weighted by Gasteiger charge is -2.10. The molecule has 0 aliphatic carbocycles. The molecule has 0 unspecified atom stereocenters. The molecule has 0 amide bonds. The minimum Gasteiger partial charge on any atom is -0.493 e. The minimum atomic E-state index is 0.517. The van der Waals surface area contributed by atoms with E-state index >= 15 is 0 Å². The molecule has 0 N–H and O–H groups in total. The van der Waals surface area contributed by atoms with Gasteiger partial charge in [0, 0.05) is 5.02 Å². The summed E-state index contributed by atoms with van der Waals surface area (Å²) in [5, 5.41) is 0.563. The van der Waals surface area contributed by atoms with Gasteiger partial charge in [0.25, 0.3) is 0 Å². The highest BCUT2D eigenvalue weighted by atomic mass is 35.5. The third-order valence-corrected chi connectivity index (χ3v) is 2.06. The zero-order valence-corrected chi connectivity index (χ0v) is 9.10. The largest absolute Gasteiger partial charge is 0.493 e. The predicted molar refractivity (Wildman–Crippen MR) is 57.4 cm³/mol. The Morgan fingerprint density at radius 2 is 2.21 bits per heavy atom. The number of aryl methyl sites for hydroxylation is 1. The summed E-state index contributed by atoms with van der Waals surface area (Å²) in [4.78, 5) is 10.8. The van der Waals surface area contributed by atoms with Crippen molar-refractivity contribution >= 4 is 17.9 Å². The average molecular weight is 213 g/mol. The summed E-state index contributed by atoms with van der Waals surface area (Å²) in [6, 6.07) is 3.41. The van der Waals surface area contributed by atoms with Crippen molar-refractivity contribution in [3.8, 4) is 5.75 Å². The van der Waals surface area contributed by atoms with E-state index in [9.17, 15) is 4.79 Å². The summed E-state index contributed by atoms with van der Waals surface area (Å²) >= 11 is 5.82. The summed E-state index contributed by atoms with van der Waals surface area (Å²) in [6.07, 6.45) is 1.68. The van der Waals surface area contributed by atoms with Crippen LogP contribution in [-0.4, -0.2) is 12.9 Å². The number of halogens is 1. The second-order valence-corrected chi connectivity index (χ2v) is 3.54. The Bertz CT molecular complexity index is 334. The third kappa shape index (κ3) is 2.48. The van der Waals surface area contributed by atoms with E-state index in [2.05, 4.69) is 0 Å². The molecule has 3 heteroatoms. The predicted octanol–water partition coefficient (Wildman–Crippen LogP) is 3.25. The van der Waals surface area contributed by atoms with Crippen molar-refractivity contribution in [1.82, 2.24) is 0 Å². The van der Waals surface area contributed by atoms with Crippen LogP contribution in [0.15, 0.2) is 12.1 Å². The molecular weight excluding hydrogens is 200 g/mol. The van der Waals surface area contributed by atoms with Crippen LogP contribution in [0.3, 0.4) is 0 Å². The molecule has 0 spiro atoms. The molecule has 14 heavy (non-hydrogen) atoms. The molecule has 0 bridgehead atoms. The Balaban J connectivity index is 3.05. The maximum absolute atomic E-state index is 10.8. The van der Waals surface area contributed by atoms with Gasteiger partial charge < -0.3 is 4.74 Å². The Kier molecular flexibility index (Phi) is 3.96. The van der Waals surface area contributed by atoms with Crippen LogP contribution in [0.25, 0.3) is 0 Å². The topological polar surface area (TPSA) is 26.3 Å². The smallest absolute Gasteiger partial charge is 0.153 e.